The lowest BCUT2D eigenvalue weighted by atomic mass is 10.2. The van der Waals surface area contributed by atoms with Crippen molar-refractivity contribution in [2.75, 3.05) is 31.1 Å². The first kappa shape index (κ1) is 15.0. The molecule has 1 aromatic heterocycles. The maximum Gasteiger partial charge on any atom is 0.324 e. The van der Waals surface area contributed by atoms with Gasteiger partial charge in [0, 0.05) is 42.8 Å². The molecule has 1 saturated carbocycles. The van der Waals surface area contributed by atoms with E-state index in [-0.39, 0.29) is 0 Å². The van der Waals surface area contributed by atoms with E-state index in [0.717, 1.165) is 37.8 Å². The van der Waals surface area contributed by atoms with Crippen LogP contribution in [0, 0.1) is 0 Å². The Morgan fingerprint density at radius 2 is 1.87 bits per heavy atom. The van der Waals surface area contributed by atoms with Crippen LogP contribution in [-0.4, -0.2) is 47.3 Å². The van der Waals surface area contributed by atoms with Gasteiger partial charge in [0.1, 0.15) is 0 Å². The molecule has 2 aliphatic rings. The van der Waals surface area contributed by atoms with Gasteiger partial charge in [0.05, 0.1) is 0 Å². The van der Waals surface area contributed by atoms with Crippen LogP contribution in [0.3, 0.4) is 0 Å². The number of aromatic nitrogens is 2. The third kappa shape index (κ3) is 3.21. The molecular weight excluding hydrogens is 312 g/mol. The second-order valence-electron chi connectivity index (χ2n) is 6.37. The average Bonchev–Trinajstić information content (AvgIpc) is 3.27. The number of halogens is 1. The predicted molar refractivity (Wildman–Crippen MR) is 90.8 cm³/mol. The van der Waals surface area contributed by atoms with Crippen LogP contribution in [0.4, 0.5) is 6.01 Å². The lowest BCUT2D eigenvalue weighted by molar-refractivity contribution is 0.184. The Labute approximate surface area is 141 Å². The summed E-state index contributed by atoms with van der Waals surface area (Å²) in [5.74, 6) is 0.598. The Bertz CT molecular complexity index is 660. The first-order chi connectivity index (χ1) is 11.3. The molecule has 23 heavy (non-hydrogen) atoms. The highest BCUT2D eigenvalue weighted by atomic mass is 35.5. The molecule has 0 spiro atoms. The lowest BCUT2D eigenvalue weighted by Crippen LogP contribution is -2.49. The zero-order chi connectivity index (χ0) is 15.6. The molecule has 1 aliphatic heterocycles. The van der Waals surface area contributed by atoms with Crippen LogP contribution >= 0.6 is 11.6 Å². The molecule has 6 heteroatoms. The molecule has 0 unspecified atom stereocenters. The average molecular weight is 333 g/mol. The third-order valence-electron chi connectivity index (χ3n) is 4.92. The zero-order valence-corrected chi connectivity index (χ0v) is 13.9. The Morgan fingerprint density at radius 1 is 1.09 bits per heavy atom. The molecule has 5 nitrogen and oxygen atoms in total. The minimum absolute atomic E-state index is 0.598. The molecule has 0 amide bonds. The largest absolute Gasteiger partial charge is 0.324 e. The first-order valence-corrected chi connectivity index (χ1v) is 8.76. The van der Waals surface area contributed by atoms with E-state index in [0.29, 0.717) is 16.9 Å². The molecule has 4 rings (SSSR count). The maximum atomic E-state index is 6.03. The van der Waals surface area contributed by atoms with Crippen LogP contribution in [0.25, 0.3) is 11.4 Å². The van der Waals surface area contributed by atoms with Gasteiger partial charge in [-0.3, -0.25) is 4.90 Å². The van der Waals surface area contributed by atoms with Crippen LogP contribution in [0.2, 0.25) is 5.02 Å². The van der Waals surface area contributed by atoms with Crippen LogP contribution < -0.4 is 4.90 Å². The second kappa shape index (κ2) is 6.49. The van der Waals surface area contributed by atoms with Gasteiger partial charge in [0.25, 0.3) is 0 Å². The van der Waals surface area contributed by atoms with E-state index in [2.05, 4.69) is 19.9 Å². The van der Waals surface area contributed by atoms with Gasteiger partial charge in [0.15, 0.2) is 0 Å². The summed E-state index contributed by atoms with van der Waals surface area (Å²) in [6, 6.07) is 8.95. The minimum atomic E-state index is 0.598. The van der Waals surface area contributed by atoms with Crippen LogP contribution in [-0.2, 0) is 0 Å². The van der Waals surface area contributed by atoms with Crippen molar-refractivity contribution in [2.24, 2.45) is 0 Å². The molecule has 1 aliphatic carbocycles. The van der Waals surface area contributed by atoms with Gasteiger partial charge >= 0.3 is 6.01 Å². The number of anilines is 1. The van der Waals surface area contributed by atoms with Gasteiger partial charge in [-0.1, -0.05) is 41.7 Å². The summed E-state index contributed by atoms with van der Waals surface area (Å²) in [5, 5.41) is 4.78. The topological polar surface area (TPSA) is 45.4 Å². The number of hydrogen-bond donors (Lipinski definition) is 0. The number of rotatable bonds is 3. The standard InChI is InChI=1S/C17H21ClN4O/c18-14-5-3-4-13(12-14)16-19-17(23-20-16)22-10-8-21(9-11-22)15-6-1-2-7-15/h3-5,12,15H,1-2,6-11H2. The van der Waals surface area contributed by atoms with E-state index in [1.54, 1.807) is 0 Å². The van der Waals surface area contributed by atoms with Gasteiger partial charge < -0.3 is 9.42 Å². The fourth-order valence-electron chi connectivity index (χ4n) is 3.64. The van der Waals surface area contributed by atoms with Crippen molar-refractivity contribution in [1.82, 2.24) is 15.0 Å². The van der Waals surface area contributed by atoms with E-state index in [9.17, 15) is 0 Å². The van der Waals surface area contributed by atoms with Crippen LogP contribution in [0.15, 0.2) is 28.8 Å². The summed E-state index contributed by atoms with van der Waals surface area (Å²) in [4.78, 5) is 9.35. The summed E-state index contributed by atoms with van der Waals surface area (Å²) >= 11 is 6.03. The second-order valence-corrected chi connectivity index (χ2v) is 6.81. The molecule has 0 atom stereocenters. The normalized spacial score (nSPS) is 20.3. The highest BCUT2D eigenvalue weighted by Crippen LogP contribution is 2.26. The van der Waals surface area contributed by atoms with Crippen molar-refractivity contribution in [2.45, 2.75) is 31.7 Å². The Balaban J connectivity index is 1.42. The molecule has 2 aromatic rings. The molecule has 1 aromatic carbocycles. The fourth-order valence-corrected chi connectivity index (χ4v) is 3.83. The Hall–Kier alpha value is -1.59. The van der Waals surface area contributed by atoms with Crippen molar-refractivity contribution >= 4 is 17.6 Å². The van der Waals surface area contributed by atoms with Crippen molar-refractivity contribution < 1.29 is 4.52 Å². The van der Waals surface area contributed by atoms with Gasteiger partial charge in [0.2, 0.25) is 5.82 Å². The van der Waals surface area contributed by atoms with Crippen molar-refractivity contribution in [3.63, 3.8) is 0 Å². The van der Waals surface area contributed by atoms with E-state index < -0.39 is 0 Å². The highest BCUT2D eigenvalue weighted by molar-refractivity contribution is 6.30. The summed E-state index contributed by atoms with van der Waals surface area (Å²) < 4.78 is 5.46. The molecule has 122 valence electrons. The first-order valence-electron chi connectivity index (χ1n) is 8.38. The van der Waals surface area contributed by atoms with E-state index in [1.165, 1.54) is 25.7 Å². The molecule has 0 N–H and O–H groups in total. The molecule has 1 saturated heterocycles. The van der Waals surface area contributed by atoms with Crippen LogP contribution in [0.1, 0.15) is 25.7 Å². The van der Waals surface area contributed by atoms with E-state index in [4.69, 9.17) is 16.1 Å². The Kier molecular flexibility index (Phi) is 4.23. The summed E-state index contributed by atoms with van der Waals surface area (Å²) in [7, 11) is 0. The minimum Gasteiger partial charge on any atom is -0.322 e. The van der Waals surface area contributed by atoms with E-state index in [1.807, 2.05) is 24.3 Å². The highest BCUT2D eigenvalue weighted by Gasteiger charge is 2.28. The zero-order valence-electron chi connectivity index (χ0n) is 13.1. The van der Waals surface area contributed by atoms with Gasteiger partial charge in [-0.05, 0) is 25.0 Å². The third-order valence-corrected chi connectivity index (χ3v) is 5.16. The van der Waals surface area contributed by atoms with Crippen molar-refractivity contribution in [3.05, 3.63) is 29.3 Å². The Morgan fingerprint density at radius 3 is 2.61 bits per heavy atom. The SMILES string of the molecule is Clc1cccc(-c2noc(N3CCN(C4CCCC4)CC3)n2)c1. The van der Waals surface area contributed by atoms with Gasteiger partial charge in [-0.2, -0.15) is 4.98 Å². The van der Waals surface area contributed by atoms with Gasteiger partial charge in [-0.25, -0.2) is 0 Å². The molecule has 2 fully saturated rings. The number of hydrogen-bond acceptors (Lipinski definition) is 5. The smallest absolute Gasteiger partial charge is 0.322 e. The molecule has 0 radical (unpaired) electrons. The van der Waals surface area contributed by atoms with Crippen LogP contribution in [0.5, 0.6) is 0 Å². The number of benzene rings is 1. The van der Waals surface area contributed by atoms with Gasteiger partial charge in [-0.15, -0.1) is 0 Å². The molecule has 0 bridgehead atoms. The monoisotopic (exact) mass is 332 g/mol. The quantitative estimate of drug-likeness (QED) is 0.861. The summed E-state index contributed by atoms with van der Waals surface area (Å²) in [6.45, 7) is 4.07. The summed E-state index contributed by atoms with van der Waals surface area (Å²) in [5.41, 5.74) is 0.886. The number of nitrogens with zero attached hydrogens (tertiary/aromatic N) is 4. The fraction of sp³-hybridized carbons (Fsp3) is 0.529. The maximum absolute atomic E-state index is 6.03. The van der Waals surface area contributed by atoms with E-state index >= 15 is 0 Å². The lowest BCUT2D eigenvalue weighted by Gasteiger charge is -2.37. The summed E-state index contributed by atoms with van der Waals surface area (Å²) in [6.07, 6.45) is 5.49. The van der Waals surface area contributed by atoms with Crippen molar-refractivity contribution in [3.8, 4) is 11.4 Å². The molecule has 2 heterocycles. The number of piperazine rings is 1. The molecular formula is C17H21ClN4O. The predicted octanol–water partition coefficient (Wildman–Crippen LogP) is 3.45. The van der Waals surface area contributed by atoms with Crippen molar-refractivity contribution in [1.29, 1.82) is 0 Å².